The molecule has 2 N–H and O–H groups in total. The maximum Gasteiger partial charge on any atom is 0.0817 e. The Balaban J connectivity index is 2.12. The summed E-state index contributed by atoms with van der Waals surface area (Å²) >= 11 is 0. The first kappa shape index (κ1) is 15.4. The van der Waals surface area contributed by atoms with Gasteiger partial charge in [-0.3, -0.25) is 4.68 Å². The highest BCUT2D eigenvalue weighted by molar-refractivity contribution is 5.55. The van der Waals surface area contributed by atoms with Crippen molar-refractivity contribution in [2.45, 2.75) is 46.2 Å². The first-order valence-corrected chi connectivity index (χ1v) is 7.82. The highest BCUT2D eigenvalue weighted by atomic mass is 15.3. The van der Waals surface area contributed by atoms with Gasteiger partial charge in [-0.25, -0.2) is 0 Å². The van der Waals surface area contributed by atoms with E-state index in [1.54, 1.807) is 0 Å². The van der Waals surface area contributed by atoms with Crippen LogP contribution < -0.4 is 10.6 Å². The molecule has 0 radical (unpaired) electrons. The van der Waals surface area contributed by atoms with Gasteiger partial charge < -0.3 is 10.6 Å². The van der Waals surface area contributed by atoms with E-state index < -0.39 is 0 Å². The van der Waals surface area contributed by atoms with Gasteiger partial charge in [0, 0.05) is 24.1 Å². The minimum Gasteiger partial charge on any atom is -0.399 e. The van der Waals surface area contributed by atoms with Gasteiger partial charge in [0.15, 0.2) is 0 Å². The maximum atomic E-state index is 5.88. The molecule has 0 bridgehead atoms. The van der Waals surface area contributed by atoms with Crippen molar-refractivity contribution in [2.75, 3.05) is 17.2 Å². The van der Waals surface area contributed by atoms with Gasteiger partial charge in [0.2, 0.25) is 0 Å². The Bertz CT molecular complexity index is 557. The molecule has 0 amide bonds. The second kappa shape index (κ2) is 7.16. The predicted octanol–water partition coefficient (Wildman–Crippen LogP) is 3.85. The second-order valence-corrected chi connectivity index (χ2v) is 5.37. The summed E-state index contributed by atoms with van der Waals surface area (Å²) in [5.74, 6) is 0. The number of anilines is 2. The number of aromatic nitrogens is 2. The normalized spacial score (nSPS) is 11.0. The molecule has 1 aromatic carbocycles. The van der Waals surface area contributed by atoms with Crippen molar-refractivity contribution >= 4 is 11.4 Å². The molecule has 0 saturated carbocycles. The van der Waals surface area contributed by atoms with Crippen molar-refractivity contribution in [1.82, 2.24) is 9.78 Å². The Hall–Kier alpha value is -1.97. The van der Waals surface area contributed by atoms with E-state index >= 15 is 0 Å². The Kier molecular flexibility index (Phi) is 5.26. The van der Waals surface area contributed by atoms with Crippen LogP contribution in [0.2, 0.25) is 0 Å². The second-order valence-electron chi connectivity index (χ2n) is 5.37. The zero-order chi connectivity index (χ0) is 15.2. The lowest BCUT2D eigenvalue weighted by molar-refractivity contribution is 0.425. The van der Waals surface area contributed by atoms with Crippen LogP contribution in [0.3, 0.4) is 0 Å². The summed E-state index contributed by atoms with van der Waals surface area (Å²) in [4.78, 5) is 2.29. The van der Waals surface area contributed by atoms with Crippen molar-refractivity contribution in [2.24, 2.45) is 0 Å². The molecule has 0 fully saturated rings. The average Bonchev–Trinajstić information content (AvgIpc) is 2.94. The number of benzene rings is 1. The van der Waals surface area contributed by atoms with Gasteiger partial charge in [-0.05, 0) is 44.0 Å². The van der Waals surface area contributed by atoms with Gasteiger partial charge in [0.05, 0.1) is 18.3 Å². The van der Waals surface area contributed by atoms with Gasteiger partial charge in [-0.1, -0.05) is 19.9 Å². The minimum absolute atomic E-state index is 0.501. The van der Waals surface area contributed by atoms with Crippen LogP contribution in [0, 0.1) is 0 Å². The zero-order valence-electron chi connectivity index (χ0n) is 13.3. The minimum atomic E-state index is 0.501. The third-order valence-electron chi connectivity index (χ3n) is 3.95. The average molecular weight is 286 g/mol. The molecule has 1 aromatic heterocycles. The summed E-state index contributed by atoms with van der Waals surface area (Å²) in [6.07, 6.45) is 4.33. The summed E-state index contributed by atoms with van der Waals surface area (Å²) in [6.45, 7) is 8.32. The molecule has 0 aliphatic heterocycles. The van der Waals surface area contributed by atoms with Crippen LogP contribution in [0.25, 0.3) is 0 Å². The van der Waals surface area contributed by atoms with Crippen LogP contribution in [-0.4, -0.2) is 16.3 Å². The van der Waals surface area contributed by atoms with E-state index in [2.05, 4.69) is 48.7 Å². The maximum absolute atomic E-state index is 5.88. The lowest BCUT2D eigenvalue weighted by Crippen LogP contribution is -2.22. The molecule has 0 spiro atoms. The number of nitrogen functional groups attached to an aromatic ring is 1. The first-order valence-electron chi connectivity index (χ1n) is 7.82. The van der Waals surface area contributed by atoms with Crippen molar-refractivity contribution in [3.05, 3.63) is 42.2 Å². The van der Waals surface area contributed by atoms with Gasteiger partial charge in [0.25, 0.3) is 0 Å². The Morgan fingerprint density at radius 2 is 1.95 bits per heavy atom. The van der Waals surface area contributed by atoms with Gasteiger partial charge in [-0.2, -0.15) is 5.10 Å². The summed E-state index contributed by atoms with van der Waals surface area (Å²) in [5, 5.41) is 4.73. The lowest BCUT2D eigenvalue weighted by atomic mass is 10.2. The topological polar surface area (TPSA) is 47.1 Å². The number of hydrogen-bond acceptors (Lipinski definition) is 3. The van der Waals surface area contributed by atoms with Crippen molar-refractivity contribution < 1.29 is 0 Å². The molecule has 2 rings (SSSR count). The molecule has 4 nitrogen and oxygen atoms in total. The van der Waals surface area contributed by atoms with Crippen LogP contribution in [0.4, 0.5) is 11.4 Å². The summed E-state index contributed by atoms with van der Waals surface area (Å²) in [7, 11) is 0. The SMILES string of the molecule is CCC(CC)n1ccc(CN(CC)c2cccc(N)c2)n1. The zero-order valence-corrected chi connectivity index (χ0v) is 13.3. The summed E-state index contributed by atoms with van der Waals surface area (Å²) in [5.41, 5.74) is 8.93. The lowest BCUT2D eigenvalue weighted by Gasteiger charge is -2.22. The number of nitrogens with two attached hydrogens (primary N) is 1. The third-order valence-corrected chi connectivity index (χ3v) is 3.95. The largest absolute Gasteiger partial charge is 0.399 e. The quantitative estimate of drug-likeness (QED) is 0.786. The summed E-state index contributed by atoms with van der Waals surface area (Å²) in [6, 6.07) is 10.6. The van der Waals surface area contributed by atoms with E-state index in [1.807, 2.05) is 18.2 Å². The number of hydrogen-bond donors (Lipinski definition) is 1. The third kappa shape index (κ3) is 3.78. The van der Waals surface area contributed by atoms with E-state index in [9.17, 15) is 0 Å². The Morgan fingerprint density at radius 3 is 2.57 bits per heavy atom. The molecule has 0 atom stereocenters. The standard InChI is InChI=1S/C17H26N4/c1-4-16(5-2)21-11-10-15(19-21)13-20(6-3)17-9-7-8-14(18)12-17/h7-12,16H,4-6,13,18H2,1-3H3. The Morgan fingerprint density at radius 1 is 1.19 bits per heavy atom. The smallest absolute Gasteiger partial charge is 0.0817 e. The molecule has 0 saturated heterocycles. The van der Waals surface area contributed by atoms with Crippen LogP contribution in [-0.2, 0) is 6.54 Å². The molecule has 1 heterocycles. The highest BCUT2D eigenvalue weighted by Crippen LogP contribution is 2.20. The van der Waals surface area contributed by atoms with Gasteiger partial charge >= 0.3 is 0 Å². The van der Waals surface area contributed by atoms with Crippen LogP contribution in [0.5, 0.6) is 0 Å². The highest BCUT2D eigenvalue weighted by Gasteiger charge is 2.11. The predicted molar refractivity (Wildman–Crippen MR) is 89.4 cm³/mol. The van der Waals surface area contributed by atoms with E-state index in [-0.39, 0.29) is 0 Å². The fourth-order valence-electron chi connectivity index (χ4n) is 2.63. The van der Waals surface area contributed by atoms with Crippen molar-refractivity contribution in [3.8, 4) is 0 Å². The summed E-state index contributed by atoms with van der Waals surface area (Å²) < 4.78 is 2.10. The molecular weight excluding hydrogens is 260 g/mol. The number of rotatable bonds is 7. The molecule has 0 aliphatic carbocycles. The monoisotopic (exact) mass is 286 g/mol. The Labute approximate surface area is 127 Å². The first-order chi connectivity index (χ1) is 10.2. The molecule has 114 valence electrons. The molecule has 0 unspecified atom stereocenters. The van der Waals surface area contributed by atoms with E-state index in [0.29, 0.717) is 6.04 Å². The molecular formula is C17H26N4. The van der Waals surface area contributed by atoms with E-state index in [0.717, 1.165) is 43.0 Å². The molecule has 4 heteroatoms. The van der Waals surface area contributed by atoms with E-state index in [4.69, 9.17) is 10.8 Å². The number of nitrogens with zero attached hydrogens (tertiary/aromatic N) is 3. The molecule has 0 aliphatic rings. The van der Waals surface area contributed by atoms with Gasteiger partial charge in [0.1, 0.15) is 0 Å². The van der Waals surface area contributed by atoms with Crippen LogP contribution in [0.15, 0.2) is 36.5 Å². The van der Waals surface area contributed by atoms with Crippen molar-refractivity contribution in [3.63, 3.8) is 0 Å². The fraction of sp³-hybridized carbons (Fsp3) is 0.471. The van der Waals surface area contributed by atoms with E-state index in [1.165, 1.54) is 0 Å². The van der Waals surface area contributed by atoms with Crippen LogP contribution >= 0.6 is 0 Å². The van der Waals surface area contributed by atoms with Gasteiger partial charge in [-0.15, -0.1) is 0 Å². The molecule has 21 heavy (non-hydrogen) atoms. The molecule has 2 aromatic rings. The van der Waals surface area contributed by atoms with Crippen molar-refractivity contribution in [1.29, 1.82) is 0 Å². The van der Waals surface area contributed by atoms with Crippen LogP contribution in [0.1, 0.15) is 45.3 Å². The fourth-order valence-corrected chi connectivity index (χ4v) is 2.63.